The first-order valence-corrected chi connectivity index (χ1v) is 6.80. The first-order chi connectivity index (χ1) is 11.4. The van der Waals surface area contributed by atoms with Crippen LogP contribution in [0.5, 0.6) is 5.75 Å². The predicted octanol–water partition coefficient (Wildman–Crippen LogP) is 2.65. The molecular weight excluding hydrogens is 319 g/mol. The Kier molecular flexibility index (Phi) is 3.60. The van der Waals surface area contributed by atoms with Gasteiger partial charge in [0.05, 0.1) is 16.3 Å². The van der Waals surface area contributed by atoms with E-state index in [-0.39, 0.29) is 22.8 Å². The number of imidazole rings is 1. The normalized spacial score (nSPS) is 10.8. The molecule has 0 fully saturated rings. The van der Waals surface area contributed by atoms with Crippen LogP contribution in [0, 0.1) is 22.9 Å². The van der Waals surface area contributed by atoms with Crippen molar-refractivity contribution in [3.63, 3.8) is 0 Å². The number of hydrogen-bond donors (Lipinski definition) is 2. The van der Waals surface area contributed by atoms with Crippen molar-refractivity contribution < 1.29 is 19.2 Å². The van der Waals surface area contributed by atoms with E-state index in [4.69, 9.17) is 0 Å². The molecule has 0 bridgehead atoms. The quantitative estimate of drug-likeness (QED) is 0.436. The zero-order valence-corrected chi connectivity index (χ0v) is 12.4. The second-order valence-electron chi connectivity index (χ2n) is 5.03. The molecule has 24 heavy (non-hydrogen) atoms. The van der Waals surface area contributed by atoms with Gasteiger partial charge in [0.1, 0.15) is 22.9 Å². The molecule has 1 amide bonds. The number of halogens is 1. The number of fused-ring (bicyclic) bond motifs is 1. The number of hydrogen-bond acceptors (Lipinski definition) is 5. The van der Waals surface area contributed by atoms with Crippen LogP contribution in [-0.2, 0) is 0 Å². The molecule has 0 atom stereocenters. The Morgan fingerprint density at radius 2 is 2.12 bits per heavy atom. The number of non-ortho nitro benzene ring substituents is 1. The van der Waals surface area contributed by atoms with E-state index in [0.29, 0.717) is 11.3 Å². The lowest BCUT2D eigenvalue weighted by molar-refractivity contribution is -0.384. The summed E-state index contributed by atoms with van der Waals surface area (Å²) in [6, 6.07) is 5.89. The van der Waals surface area contributed by atoms with E-state index in [2.05, 4.69) is 10.3 Å². The summed E-state index contributed by atoms with van der Waals surface area (Å²) in [7, 11) is 0. The Balaban J connectivity index is 2.02. The third-order valence-corrected chi connectivity index (χ3v) is 3.41. The third kappa shape index (κ3) is 2.62. The molecule has 0 spiro atoms. The predicted molar refractivity (Wildman–Crippen MR) is 82.6 cm³/mol. The monoisotopic (exact) mass is 330 g/mol. The standard InChI is InChI=1S/C15H11FN4O4/c1-8-14(19-7-9(16)2-5-13(19)17-8)15(22)18-11-6-10(20(23)24)3-4-12(11)21/h2-7,21H,1H3,(H,18,22). The number of carbonyl (C=O) groups is 1. The van der Waals surface area contributed by atoms with Crippen LogP contribution in [0.4, 0.5) is 15.8 Å². The number of aromatic hydroxyl groups is 1. The molecule has 0 saturated carbocycles. The molecule has 3 rings (SSSR count). The van der Waals surface area contributed by atoms with Crippen LogP contribution in [-0.4, -0.2) is 25.3 Å². The van der Waals surface area contributed by atoms with Crippen molar-refractivity contribution in [1.29, 1.82) is 0 Å². The van der Waals surface area contributed by atoms with Gasteiger partial charge in [-0.25, -0.2) is 9.37 Å². The third-order valence-electron chi connectivity index (χ3n) is 3.41. The Morgan fingerprint density at radius 1 is 1.38 bits per heavy atom. The molecule has 8 nitrogen and oxygen atoms in total. The van der Waals surface area contributed by atoms with Crippen LogP contribution in [0.15, 0.2) is 36.5 Å². The maximum Gasteiger partial charge on any atom is 0.274 e. The number of phenolic OH excluding ortho intramolecular Hbond substituents is 1. The fourth-order valence-corrected chi connectivity index (χ4v) is 2.33. The number of benzene rings is 1. The summed E-state index contributed by atoms with van der Waals surface area (Å²) >= 11 is 0. The Morgan fingerprint density at radius 3 is 2.83 bits per heavy atom. The van der Waals surface area contributed by atoms with Gasteiger partial charge in [-0.3, -0.25) is 19.3 Å². The first-order valence-electron chi connectivity index (χ1n) is 6.80. The molecule has 9 heteroatoms. The Bertz CT molecular complexity index is 983. The maximum absolute atomic E-state index is 13.4. The molecule has 0 saturated heterocycles. The number of aryl methyl sites for hydroxylation is 1. The number of aromatic nitrogens is 2. The van der Waals surface area contributed by atoms with Crippen LogP contribution in [0.2, 0.25) is 0 Å². The minimum Gasteiger partial charge on any atom is -0.506 e. The highest BCUT2D eigenvalue weighted by molar-refractivity contribution is 6.05. The number of rotatable bonds is 3. The molecule has 2 aromatic heterocycles. The number of nitrogens with one attached hydrogen (secondary N) is 1. The zero-order valence-electron chi connectivity index (χ0n) is 12.4. The summed E-state index contributed by atoms with van der Waals surface area (Å²) in [6.07, 6.45) is 1.11. The summed E-state index contributed by atoms with van der Waals surface area (Å²) in [5, 5.41) is 23.0. The molecule has 0 unspecified atom stereocenters. The van der Waals surface area contributed by atoms with Gasteiger partial charge >= 0.3 is 0 Å². The number of nitrogens with zero attached hydrogens (tertiary/aromatic N) is 3. The lowest BCUT2D eigenvalue weighted by atomic mass is 10.2. The van der Waals surface area contributed by atoms with Gasteiger partial charge in [-0.2, -0.15) is 0 Å². The van der Waals surface area contributed by atoms with Crippen LogP contribution < -0.4 is 5.32 Å². The summed E-state index contributed by atoms with van der Waals surface area (Å²) in [4.78, 5) is 26.8. The van der Waals surface area contributed by atoms with Gasteiger partial charge in [-0.15, -0.1) is 0 Å². The summed E-state index contributed by atoms with van der Waals surface area (Å²) in [5.41, 5.74) is 0.379. The lowest BCUT2D eigenvalue weighted by Gasteiger charge is -2.08. The highest BCUT2D eigenvalue weighted by Gasteiger charge is 2.19. The van der Waals surface area contributed by atoms with Crippen LogP contribution in [0.1, 0.15) is 16.2 Å². The second-order valence-corrected chi connectivity index (χ2v) is 5.03. The van der Waals surface area contributed by atoms with Gasteiger partial charge in [-0.05, 0) is 25.1 Å². The van der Waals surface area contributed by atoms with E-state index < -0.39 is 16.6 Å². The average molecular weight is 330 g/mol. The molecule has 3 aromatic rings. The number of carbonyl (C=O) groups excluding carboxylic acids is 1. The van der Waals surface area contributed by atoms with Crippen LogP contribution >= 0.6 is 0 Å². The van der Waals surface area contributed by atoms with Crippen molar-refractivity contribution in [1.82, 2.24) is 9.38 Å². The van der Waals surface area contributed by atoms with Crippen molar-refractivity contribution in [2.75, 3.05) is 5.32 Å². The molecule has 2 N–H and O–H groups in total. The van der Waals surface area contributed by atoms with Crippen molar-refractivity contribution in [3.05, 3.63) is 63.8 Å². The second kappa shape index (κ2) is 5.61. The first kappa shape index (κ1) is 15.4. The number of anilines is 1. The molecule has 2 heterocycles. The van der Waals surface area contributed by atoms with Gasteiger partial charge in [-0.1, -0.05) is 0 Å². The fourth-order valence-electron chi connectivity index (χ4n) is 2.33. The molecule has 0 aliphatic rings. The van der Waals surface area contributed by atoms with Gasteiger partial charge in [0, 0.05) is 18.3 Å². The van der Waals surface area contributed by atoms with E-state index in [1.807, 2.05) is 0 Å². The van der Waals surface area contributed by atoms with Gasteiger partial charge < -0.3 is 10.4 Å². The maximum atomic E-state index is 13.4. The van der Waals surface area contributed by atoms with E-state index >= 15 is 0 Å². The largest absolute Gasteiger partial charge is 0.506 e. The number of amides is 1. The lowest BCUT2D eigenvalue weighted by Crippen LogP contribution is -2.16. The number of nitro groups is 1. The topological polar surface area (TPSA) is 110 Å². The van der Waals surface area contributed by atoms with Gasteiger partial charge in [0.25, 0.3) is 11.6 Å². The van der Waals surface area contributed by atoms with Gasteiger partial charge in [0.2, 0.25) is 0 Å². The average Bonchev–Trinajstić information content (AvgIpc) is 2.84. The molecular formula is C15H11FN4O4. The highest BCUT2D eigenvalue weighted by Crippen LogP contribution is 2.28. The smallest absolute Gasteiger partial charge is 0.274 e. The van der Waals surface area contributed by atoms with Crippen molar-refractivity contribution in [2.45, 2.75) is 6.92 Å². The fraction of sp³-hybridized carbons (Fsp3) is 0.0667. The Hall–Kier alpha value is -3.49. The summed E-state index contributed by atoms with van der Waals surface area (Å²) in [5.74, 6) is -1.56. The van der Waals surface area contributed by atoms with E-state index in [1.54, 1.807) is 6.92 Å². The Labute approximate surface area is 134 Å². The summed E-state index contributed by atoms with van der Waals surface area (Å²) < 4.78 is 14.7. The van der Waals surface area contributed by atoms with Gasteiger partial charge in [0.15, 0.2) is 0 Å². The summed E-state index contributed by atoms with van der Waals surface area (Å²) in [6.45, 7) is 1.58. The molecule has 0 radical (unpaired) electrons. The number of nitro benzene ring substituents is 1. The molecule has 122 valence electrons. The van der Waals surface area contributed by atoms with Crippen LogP contribution in [0.25, 0.3) is 5.65 Å². The molecule has 1 aromatic carbocycles. The number of phenols is 1. The van der Waals surface area contributed by atoms with E-state index in [0.717, 1.165) is 24.4 Å². The number of pyridine rings is 1. The van der Waals surface area contributed by atoms with Crippen molar-refractivity contribution in [3.8, 4) is 5.75 Å². The highest BCUT2D eigenvalue weighted by atomic mass is 19.1. The zero-order chi connectivity index (χ0) is 17.4. The van der Waals surface area contributed by atoms with Crippen LogP contribution in [0.3, 0.4) is 0 Å². The minimum atomic E-state index is -0.679. The van der Waals surface area contributed by atoms with Crippen molar-refractivity contribution in [2.24, 2.45) is 0 Å². The minimum absolute atomic E-state index is 0.0652. The molecule has 0 aliphatic carbocycles. The molecule has 0 aliphatic heterocycles. The van der Waals surface area contributed by atoms with E-state index in [1.165, 1.54) is 16.5 Å². The van der Waals surface area contributed by atoms with Crippen molar-refractivity contribution >= 4 is 22.9 Å². The van der Waals surface area contributed by atoms with E-state index in [9.17, 15) is 24.4 Å². The SMILES string of the molecule is Cc1nc2ccc(F)cn2c1C(=O)Nc1cc([N+](=O)[O-])ccc1O.